The van der Waals surface area contributed by atoms with Crippen LogP contribution in [0, 0.1) is 24.6 Å². The number of hydrogen-bond acceptors (Lipinski definition) is 1. The van der Waals surface area contributed by atoms with Crippen molar-refractivity contribution in [3.05, 3.63) is 29.3 Å². The van der Waals surface area contributed by atoms with Crippen molar-refractivity contribution in [2.24, 2.45) is 0 Å². The monoisotopic (exact) mass is 183 g/mol. The Morgan fingerprint density at radius 2 is 2.33 bits per heavy atom. The minimum absolute atomic E-state index is 0.163. The van der Waals surface area contributed by atoms with Crippen molar-refractivity contribution in [2.45, 2.75) is 6.92 Å². The maximum Gasteiger partial charge on any atom is 0.157 e. The lowest BCUT2D eigenvalue weighted by atomic mass is 10.3. The fourth-order valence-corrected chi connectivity index (χ4v) is 0.811. The van der Waals surface area contributed by atoms with Gasteiger partial charge < -0.3 is 0 Å². The lowest BCUT2D eigenvalue weighted by Crippen LogP contribution is -1.91. The number of aryl methyl sites for hydroxylation is 1. The van der Waals surface area contributed by atoms with E-state index < -0.39 is 5.82 Å². The molecule has 0 N–H and O–H groups in total. The molecule has 1 rings (SSSR count). The molecular weight excluding hydrogens is 177 g/mol. The average molecular weight is 184 g/mol. The standard InChI is InChI=1S/C9H7ClFN/c1-7-4-5-8(11)9(12-7)3-2-6-10/h4-5H,6H2,1H3. The Morgan fingerprint density at radius 1 is 1.58 bits per heavy atom. The molecule has 3 heteroatoms. The highest BCUT2D eigenvalue weighted by Crippen LogP contribution is 2.03. The first-order valence-corrected chi connectivity index (χ1v) is 3.95. The maximum atomic E-state index is 12.9. The highest BCUT2D eigenvalue weighted by atomic mass is 35.5. The molecular formula is C9H7ClFN. The van der Waals surface area contributed by atoms with Crippen molar-refractivity contribution in [2.75, 3.05) is 5.88 Å². The summed E-state index contributed by atoms with van der Waals surface area (Å²) in [6.45, 7) is 1.78. The molecule has 1 heterocycles. The Morgan fingerprint density at radius 3 is 3.00 bits per heavy atom. The summed E-state index contributed by atoms with van der Waals surface area (Å²) in [5.41, 5.74) is 0.908. The van der Waals surface area contributed by atoms with E-state index in [1.807, 2.05) is 0 Å². The number of rotatable bonds is 0. The molecule has 0 aliphatic heterocycles. The van der Waals surface area contributed by atoms with Crippen LogP contribution >= 0.6 is 11.6 Å². The summed E-state index contributed by atoms with van der Waals surface area (Å²) < 4.78 is 12.9. The van der Waals surface area contributed by atoms with E-state index in [1.54, 1.807) is 13.0 Å². The van der Waals surface area contributed by atoms with E-state index in [1.165, 1.54) is 6.07 Å². The molecule has 12 heavy (non-hydrogen) atoms. The third-order valence-corrected chi connectivity index (χ3v) is 1.39. The molecule has 0 bridgehead atoms. The van der Waals surface area contributed by atoms with Gasteiger partial charge in [0.25, 0.3) is 0 Å². The normalized spacial score (nSPS) is 8.92. The van der Waals surface area contributed by atoms with Crippen LogP contribution in [0.1, 0.15) is 11.4 Å². The van der Waals surface area contributed by atoms with Gasteiger partial charge in [-0.1, -0.05) is 5.92 Å². The summed E-state index contributed by atoms with van der Waals surface area (Å²) in [5.74, 6) is 4.87. The van der Waals surface area contributed by atoms with Gasteiger partial charge in [-0.05, 0) is 25.0 Å². The van der Waals surface area contributed by atoms with Crippen LogP contribution in [0.25, 0.3) is 0 Å². The minimum Gasteiger partial charge on any atom is -0.242 e. The van der Waals surface area contributed by atoms with E-state index in [0.717, 1.165) is 5.69 Å². The molecule has 1 nitrogen and oxygen atoms in total. The SMILES string of the molecule is Cc1ccc(F)c(C#CCCl)n1. The Balaban J connectivity index is 3.05. The first-order valence-electron chi connectivity index (χ1n) is 3.42. The number of aromatic nitrogens is 1. The summed E-state index contributed by atoms with van der Waals surface area (Å²) in [6, 6.07) is 2.95. The number of hydrogen-bond donors (Lipinski definition) is 0. The molecule has 0 saturated heterocycles. The zero-order chi connectivity index (χ0) is 8.97. The average Bonchev–Trinajstić information content (AvgIpc) is 2.07. The van der Waals surface area contributed by atoms with E-state index in [2.05, 4.69) is 16.8 Å². The fraction of sp³-hybridized carbons (Fsp3) is 0.222. The van der Waals surface area contributed by atoms with Crippen LogP contribution in [0.15, 0.2) is 12.1 Å². The van der Waals surface area contributed by atoms with Gasteiger partial charge in [-0.15, -0.1) is 11.6 Å². The number of alkyl halides is 1. The third-order valence-electron chi connectivity index (χ3n) is 1.26. The molecule has 0 unspecified atom stereocenters. The molecule has 0 saturated carbocycles. The van der Waals surface area contributed by atoms with Gasteiger partial charge >= 0.3 is 0 Å². The van der Waals surface area contributed by atoms with Crippen LogP contribution in [0.5, 0.6) is 0 Å². The minimum atomic E-state index is -0.404. The second-order valence-electron chi connectivity index (χ2n) is 2.22. The zero-order valence-electron chi connectivity index (χ0n) is 6.56. The Kier molecular flexibility index (Phi) is 3.07. The van der Waals surface area contributed by atoms with E-state index in [-0.39, 0.29) is 11.6 Å². The lowest BCUT2D eigenvalue weighted by molar-refractivity contribution is 0.616. The van der Waals surface area contributed by atoms with Crippen molar-refractivity contribution >= 4 is 11.6 Å². The molecule has 62 valence electrons. The first-order chi connectivity index (χ1) is 5.74. The number of halogens is 2. The molecule has 0 fully saturated rings. The fourth-order valence-electron chi connectivity index (χ4n) is 0.745. The molecule has 0 aliphatic carbocycles. The van der Waals surface area contributed by atoms with Gasteiger partial charge in [-0.25, -0.2) is 9.37 Å². The topological polar surface area (TPSA) is 12.9 Å². The molecule has 0 spiro atoms. The highest BCUT2D eigenvalue weighted by molar-refractivity contribution is 6.19. The van der Waals surface area contributed by atoms with Crippen LogP contribution in [-0.2, 0) is 0 Å². The predicted octanol–water partition coefficient (Wildman–Crippen LogP) is 2.12. The largest absolute Gasteiger partial charge is 0.242 e. The predicted molar refractivity (Wildman–Crippen MR) is 46.5 cm³/mol. The van der Waals surface area contributed by atoms with Gasteiger partial charge in [0.15, 0.2) is 5.82 Å². The van der Waals surface area contributed by atoms with Crippen LogP contribution < -0.4 is 0 Å². The summed E-state index contributed by atoms with van der Waals surface area (Å²) in [6.07, 6.45) is 0. The molecule has 1 aromatic heterocycles. The maximum absolute atomic E-state index is 12.9. The third kappa shape index (κ3) is 2.21. The van der Waals surface area contributed by atoms with Crippen molar-refractivity contribution in [1.29, 1.82) is 0 Å². The van der Waals surface area contributed by atoms with E-state index in [9.17, 15) is 4.39 Å². The van der Waals surface area contributed by atoms with Crippen LogP contribution in [0.4, 0.5) is 4.39 Å². The summed E-state index contributed by atoms with van der Waals surface area (Å²) >= 11 is 5.32. The van der Waals surface area contributed by atoms with Crippen molar-refractivity contribution in [1.82, 2.24) is 4.98 Å². The number of pyridine rings is 1. The number of nitrogens with zero attached hydrogens (tertiary/aromatic N) is 1. The molecule has 0 radical (unpaired) electrons. The van der Waals surface area contributed by atoms with E-state index >= 15 is 0 Å². The summed E-state index contributed by atoms with van der Waals surface area (Å²) in [5, 5.41) is 0. The van der Waals surface area contributed by atoms with Gasteiger partial charge in [0.05, 0.1) is 5.88 Å². The highest BCUT2D eigenvalue weighted by Gasteiger charge is 1.98. The van der Waals surface area contributed by atoms with Gasteiger partial charge in [0, 0.05) is 5.69 Å². The van der Waals surface area contributed by atoms with Gasteiger partial charge in [-0.2, -0.15) is 0 Å². The second-order valence-corrected chi connectivity index (χ2v) is 2.49. The quantitative estimate of drug-likeness (QED) is 0.444. The zero-order valence-corrected chi connectivity index (χ0v) is 7.32. The van der Waals surface area contributed by atoms with E-state index in [4.69, 9.17) is 11.6 Å². The van der Waals surface area contributed by atoms with Gasteiger partial charge in [-0.3, -0.25) is 0 Å². The Hall–Kier alpha value is -1.07. The van der Waals surface area contributed by atoms with Gasteiger partial charge in [0.1, 0.15) is 5.69 Å². The molecule has 1 aromatic rings. The smallest absolute Gasteiger partial charge is 0.157 e. The van der Waals surface area contributed by atoms with Crippen LogP contribution in [-0.4, -0.2) is 10.9 Å². The molecule has 0 aromatic carbocycles. The Labute approximate surface area is 75.6 Å². The van der Waals surface area contributed by atoms with Gasteiger partial charge in [0.2, 0.25) is 0 Å². The Bertz CT molecular complexity index is 338. The van der Waals surface area contributed by atoms with Crippen LogP contribution in [0.2, 0.25) is 0 Å². The van der Waals surface area contributed by atoms with E-state index in [0.29, 0.717) is 0 Å². The molecule has 0 aliphatic rings. The van der Waals surface area contributed by atoms with Crippen LogP contribution in [0.3, 0.4) is 0 Å². The lowest BCUT2D eigenvalue weighted by Gasteiger charge is -1.94. The first kappa shape index (κ1) is 9.02. The van der Waals surface area contributed by atoms with Crippen molar-refractivity contribution in [3.8, 4) is 11.8 Å². The molecule has 0 atom stereocenters. The second kappa shape index (κ2) is 4.08. The van der Waals surface area contributed by atoms with Crippen molar-refractivity contribution in [3.63, 3.8) is 0 Å². The summed E-state index contributed by atoms with van der Waals surface area (Å²) in [4.78, 5) is 3.90. The molecule has 0 amide bonds. The summed E-state index contributed by atoms with van der Waals surface area (Å²) in [7, 11) is 0. The van der Waals surface area contributed by atoms with Crippen molar-refractivity contribution < 1.29 is 4.39 Å².